The van der Waals surface area contributed by atoms with Crippen molar-refractivity contribution in [2.75, 3.05) is 51.6 Å². The third-order valence-corrected chi connectivity index (χ3v) is 8.10. The first-order chi connectivity index (χ1) is 20.8. The molecule has 0 radical (unpaired) electrons. The van der Waals surface area contributed by atoms with Gasteiger partial charge in [0.2, 0.25) is 17.4 Å². The maximum atomic E-state index is 12.4. The first kappa shape index (κ1) is 32.2. The van der Waals surface area contributed by atoms with Gasteiger partial charge in [-0.15, -0.1) is 0 Å². The summed E-state index contributed by atoms with van der Waals surface area (Å²) in [5.41, 5.74) is 2.47. The van der Waals surface area contributed by atoms with Gasteiger partial charge >= 0.3 is 0 Å². The normalized spacial score (nSPS) is 14.5. The number of fused-ring (bicyclic) bond motifs is 1. The van der Waals surface area contributed by atoms with E-state index in [1.807, 2.05) is 31.3 Å². The van der Waals surface area contributed by atoms with Crippen LogP contribution in [0.1, 0.15) is 62.2 Å². The molecule has 1 aliphatic rings. The highest BCUT2D eigenvalue weighted by Crippen LogP contribution is 2.28. The molecule has 1 fully saturated rings. The molecular weight excluding hydrogens is 546 g/mol. The van der Waals surface area contributed by atoms with Crippen LogP contribution in [0.4, 0.5) is 5.69 Å². The molecule has 0 bridgehead atoms. The van der Waals surface area contributed by atoms with Crippen LogP contribution < -0.4 is 16.2 Å². The van der Waals surface area contributed by atoms with Crippen molar-refractivity contribution in [2.45, 2.75) is 57.5 Å². The minimum absolute atomic E-state index is 0.0340. The van der Waals surface area contributed by atoms with Crippen LogP contribution in [0.2, 0.25) is 0 Å². The number of phenols is 1. The number of amides is 2. The maximum absolute atomic E-state index is 12.4. The highest BCUT2D eigenvalue weighted by atomic mass is 16.3. The molecule has 0 unspecified atom stereocenters. The Labute approximate surface area is 253 Å². The number of aromatic nitrogens is 1. The number of anilines is 1. The van der Waals surface area contributed by atoms with E-state index in [0.29, 0.717) is 48.9 Å². The van der Waals surface area contributed by atoms with E-state index in [4.69, 9.17) is 0 Å². The Kier molecular flexibility index (Phi) is 12.1. The molecule has 1 saturated heterocycles. The summed E-state index contributed by atoms with van der Waals surface area (Å²) in [5.74, 6) is 0.102. The largest absolute Gasteiger partial charge is 0.506 e. The zero-order valence-corrected chi connectivity index (χ0v) is 25.1. The Morgan fingerprint density at radius 2 is 1.77 bits per heavy atom. The molecule has 0 aliphatic carbocycles. The van der Waals surface area contributed by atoms with Gasteiger partial charge in [0.15, 0.2) is 0 Å². The van der Waals surface area contributed by atoms with E-state index in [1.165, 1.54) is 31.4 Å². The molecule has 10 nitrogen and oxygen atoms in total. The van der Waals surface area contributed by atoms with Crippen LogP contribution in [0.25, 0.3) is 10.9 Å². The molecule has 0 saturated carbocycles. The zero-order chi connectivity index (χ0) is 30.6. The molecule has 2 amide bonds. The number of likely N-dealkylation sites (tertiary alicyclic amines) is 1. The summed E-state index contributed by atoms with van der Waals surface area (Å²) >= 11 is 0. The van der Waals surface area contributed by atoms with E-state index >= 15 is 0 Å². The summed E-state index contributed by atoms with van der Waals surface area (Å²) in [6.45, 7) is 4.67. The summed E-state index contributed by atoms with van der Waals surface area (Å²) in [7, 11) is 1.85. The van der Waals surface area contributed by atoms with Crippen LogP contribution in [0, 0.1) is 0 Å². The van der Waals surface area contributed by atoms with Crippen molar-refractivity contribution in [3.05, 3.63) is 70.0 Å². The highest BCUT2D eigenvalue weighted by molar-refractivity contribution is 5.90. The number of unbranched alkanes of at least 4 members (excludes halogenated alkanes) is 1. The van der Waals surface area contributed by atoms with Gasteiger partial charge < -0.3 is 35.6 Å². The molecule has 2 aromatic carbocycles. The lowest BCUT2D eigenvalue weighted by Gasteiger charge is -2.27. The molecule has 1 atom stereocenters. The number of pyridine rings is 1. The van der Waals surface area contributed by atoms with Crippen molar-refractivity contribution in [1.29, 1.82) is 0 Å². The van der Waals surface area contributed by atoms with Gasteiger partial charge in [-0.2, -0.15) is 0 Å². The Morgan fingerprint density at radius 3 is 2.53 bits per heavy atom. The molecule has 4 rings (SSSR count). The predicted molar refractivity (Wildman–Crippen MR) is 169 cm³/mol. The fourth-order valence-electron chi connectivity index (χ4n) is 5.50. The first-order valence-electron chi connectivity index (χ1n) is 15.4. The van der Waals surface area contributed by atoms with Crippen LogP contribution in [0.15, 0.2) is 53.3 Å². The molecule has 1 aliphatic heterocycles. The Morgan fingerprint density at radius 1 is 1.00 bits per heavy atom. The molecule has 232 valence electrons. The number of nitrogens with zero attached hydrogens (tertiary/aromatic N) is 2. The summed E-state index contributed by atoms with van der Waals surface area (Å²) in [4.78, 5) is 43.2. The van der Waals surface area contributed by atoms with Crippen LogP contribution in [0.5, 0.6) is 5.75 Å². The number of aliphatic hydroxyl groups is 1. The summed E-state index contributed by atoms with van der Waals surface area (Å²) in [5, 5.41) is 27.5. The Hall–Kier alpha value is -3.73. The summed E-state index contributed by atoms with van der Waals surface area (Å²) in [6.07, 6.45) is 6.19. The third kappa shape index (κ3) is 9.91. The second-order valence-corrected chi connectivity index (χ2v) is 11.4. The quantitative estimate of drug-likeness (QED) is 0.171. The van der Waals surface area contributed by atoms with Gasteiger partial charge in [-0.1, -0.05) is 24.6 Å². The average molecular weight is 592 g/mol. The second-order valence-electron chi connectivity index (χ2n) is 11.4. The van der Waals surface area contributed by atoms with Crippen LogP contribution in [-0.2, 0) is 16.0 Å². The van der Waals surface area contributed by atoms with Crippen molar-refractivity contribution < 1.29 is 19.8 Å². The van der Waals surface area contributed by atoms with E-state index in [-0.39, 0.29) is 23.1 Å². The van der Waals surface area contributed by atoms with E-state index in [2.05, 4.69) is 20.5 Å². The molecule has 43 heavy (non-hydrogen) atoms. The summed E-state index contributed by atoms with van der Waals surface area (Å²) < 4.78 is 0. The minimum atomic E-state index is -0.808. The van der Waals surface area contributed by atoms with Gasteiger partial charge in [0.05, 0.1) is 11.6 Å². The minimum Gasteiger partial charge on any atom is -0.506 e. The number of aromatic hydroxyl groups is 1. The smallest absolute Gasteiger partial charge is 0.248 e. The average Bonchev–Trinajstić information content (AvgIpc) is 3.01. The number of aromatic amines is 1. The summed E-state index contributed by atoms with van der Waals surface area (Å²) in [6, 6.07) is 13.8. The van der Waals surface area contributed by atoms with Crippen LogP contribution in [0.3, 0.4) is 0 Å². The monoisotopic (exact) mass is 591 g/mol. The highest BCUT2D eigenvalue weighted by Gasteiger charge is 2.15. The lowest BCUT2D eigenvalue weighted by molar-refractivity contribution is -0.130. The van der Waals surface area contributed by atoms with Gasteiger partial charge in [0, 0.05) is 56.7 Å². The number of hydrogen-bond donors (Lipinski definition) is 5. The predicted octanol–water partition coefficient (Wildman–Crippen LogP) is 3.54. The molecule has 2 heterocycles. The number of carbonyl (C=O) groups is 2. The van der Waals surface area contributed by atoms with Gasteiger partial charge in [0.1, 0.15) is 5.75 Å². The zero-order valence-electron chi connectivity index (χ0n) is 25.1. The number of rotatable bonds is 15. The third-order valence-electron chi connectivity index (χ3n) is 8.10. The van der Waals surface area contributed by atoms with Crippen molar-refractivity contribution in [3.8, 4) is 5.75 Å². The molecule has 5 N–H and O–H groups in total. The number of H-pyrrole nitrogens is 1. The van der Waals surface area contributed by atoms with E-state index < -0.39 is 6.10 Å². The van der Waals surface area contributed by atoms with Gasteiger partial charge in [-0.25, -0.2) is 0 Å². The molecule has 10 heteroatoms. The van der Waals surface area contributed by atoms with E-state index in [1.54, 1.807) is 17.0 Å². The number of carbonyl (C=O) groups excluding carboxylic acids is 2. The Bertz CT molecular complexity index is 1400. The number of phenolic OH excluding ortho intramolecular Hbond substituents is 1. The van der Waals surface area contributed by atoms with Crippen molar-refractivity contribution >= 4 is 28.4 Å². The number of nitrogens with one attached hydrogen (secondary N) is 3. The topological polar surface area (TPSA) is 138 Å². The molecule has 3 aromatic rings. The molecule has 1 aromatic heterocycles. The number of benzene rings is 2. The second kappa shape index (κ2) is 16.2. The van der Waals surface area contributed by atoms with Gasteiger partial charge in [-0.3, -0.25) is 14.4 Å². The fraction of sp³-hybridized carbons (Fsp3) is 0.485. The van der Waals surface area contributed by atoms with Crippen molar-refractivity contribution in [3.63, 3.8) is 0 Å². The van der Waals surface area contributed by atoms with Crippen molar-refractivity contribution in [1.82, 2.24) is 20.1 Å². The number of piperidine rings is 1. The maximum Gasteiger partial charge on any atom is 0.248 e. The standard InChI is InChI=1S/C33H45N5O5/c1-37(32(43)17-22-38-20-4-2-5-21-38)19-6-3-7-30(41)35-25-10-8-24(9-11-25)16-18-34-23-29(40)26-12-14-28(39)33-27(26)13-15-31(42)36-33/h8-15,29,34,39-40H,2-7,16-23H2,1H3,(H,35,41)(H,36,42)/t29-/m0/s1. The van der Waals surface area contributed by atoms with E-state index in [9.17, 15) is 24.6 Å². The molecular formula is C33H45N5O5. The first-order valence-corrected chi connectivity index (χ1v) is 15.4. The van der Waals surface area contributed by atoms with Crippen LogP contribution in [-0.4, -0.2) is 83.1 Å². The lowest BCUT2D eigenvalue weighted by atomic mass is 10.0. The lowest BCUT2D eigenvalue weighted by Crippen LogP contribution is -2.35. The number of aliphatic hydroxyl groups excluding tert-OH is 1. The van der Waals surface area contributed by atoms with Crippen molar-refractivity contribution in [2.24, 2.45) is 0 Å². The SMILES string of the molecule is CN(CCCCC(=O)Nc1ccc(CCNC[C@H](O)c2ccc(O)c3[nH]c(=O)ccc23)cc1)C(=O)CCN1CCCCC1. The van der Waals surface area contributed by atoms with Gasteiger partial charge in [-0.05, 0) is 87.1 Å². The molecule has 0 spiro atoms. The Balaban J connectivity index is 1.10. The van der Waals surface area contributed by atoms with Crippen LogP contribution >= 0.6 is 0 Å². The van der Waals surface area contributed by atoms with Gasteiger partial charge in [0.25, 0.3) is 0 Å². The fourth-order valence-corrected chi connectivity index (χ4v) is 5.50. The van der Waals surface area contributed by atoms with E-state index in [0.717, 1.165) is 50.1 Å². The number of hydrogen-bond acceptors (Lipinski definition) is 7.